The van der Waals surface area contributed by atoms with Crippen LogP contribution in [0.4, 0.5) is 5.69 Å². The van der Waals surface area contributed by atoms with E-state index in [1.165, 1.54) is 4.90 Å². The monoisotopic (exact) mass is 423 g/mol. The number of carbonyl (C=O) groups excluding carboxylic acids is 2. The zero-order valence-corrected chi connectivity index (χ0v) is 14.6. The van der Waals surface area contributed by atoms with Gasteiger partial charge in [-0.3, -0.25) is 9.59 Å². The number of amides is 1. The Hall–Kier alpha value is -1.66. The summed E-state index contributed by atoms with van der Waals surface area (Å²) in [6.07, 6.45) is 0. The minimum Gasteiger partial charge on any atom is -0.492 e. The number of hydrogen-bond donors (Lipinski definition) is 0. The molecule has 112 valence electrons. The average molecular weight is 425 g/mol. The molecular formula is C16H11Br2NO3. The maximum Gasteiger partial charge on any atom is 0.299 e. The van der Waals surface area contributed by atoms with Gasteiger partial charge in [0.15, 0.2) is 0 Å². The summed E-state index contributed by atoms with van der Waals surface area (Å²) in [7, 11) is 0. The second kappa shape index (κ2) is 6.22. The third-order valence-corrected chi connectivity index (χ3v) is 4.35. The Kier molecular flexibility index (Phi) is 4.31. The van der Waals surface area contributed by atoms with Crippen molar-refractivity contribution in [1.82, 2.24) is 0 Å². The maximum atomic E-state index is 12.1. The molecule has 0 unspecified atom stereocenters. The second-order valence-corrected chi connectivity index (χ2v) is 6.58. The van der Waals surface area contributed by atoms with Crippen molar-refractivity contribution >= 4 is 49.2 Å². The first kappa shape index (κ1) is 15.2. The number of Topliss-reactive ketones (excluding diaryl/α,β-unsaturated/α-hetero) is 1. The van der Waals surface area contributed by atoms with E-state index < -0.39 is 11.7 Å². The number of nitrogens with zero attached hydrogens (tertiary/aromatic N) is 1. The summed E-state index contributed by atoms with van der Waals surface area (Å²) in [5.41, 5.74) is 1.07. The molecule has 0 radical (unpaired) electrons. The maximum absolute atomic E-state index is 12.1. The number of benzene rings is 2. The number of fused-ring (bicyclic) bond motifs is 1. The summed E-state index contributed by atoms with van der Waals surface area (Å²) in [6, 6.07) is 12.7. The molecule has 2 aromatic rings. The van der Waals surface area contributed by atoms with Crippen molar-refractivity contribution in [3.05, 3.63) is 57.0 Å². The average Bonchev–Trinajstić information content (AvgIpc) is 2.74. The summed E-state index contributed by atoms with van der Waals surface area (Å²) in [5, 5.41) is 0. The quantitative estimate of drug-likeness (QED) is 0.701. The standard InChI is InChI=1S/C16H11Br2NO3/c17-10-1-4-12(5-2-10)22-8-7-19-14-6-3-11(18)9-13(14)15(20)16(19)21/h1-6,9H,7-8H2. The van der Waals surface area contributed by atoms with E-state index in [4.69, 9.17) is 4.74 Å². The molecule has 0 saturated carbocycles. The smallest absolute Gasteiger partial charge is 0.299 e. The van der Waals surface area contributed by atoms with E-state index in [9.17, 15) is 9.59 Å². The van der Waals surface area contributed by atoms with Gasteiger partial charge < -0.3 is 9.64 Å². The Labute approximate surface area is 144 Å². The van der Waals surface area contributed by atoms with E-state index in [0.29, 0.717) is 24.4 Å². The highest BCUT2D eigenvalue weighted by atomic mass is 79.9. The third-order valence-electron chi connectivity index (χ3n) is 3.33. The fraction of sp³-hybridized carbons (Fsp3) is 0.125. The van der Waals surface area contributed by atoms with Crippen molar-refractivity contribution in [1.29, 1.82) is 0 Å². The van der Waals surface area contributed by atoms with Crippen LogP contribution in [-0.4, -0.2) is 24.8 Å². The molecule has 0 bridgehead atoms. The fourth-order valence-corrected chi connectivity index (χ4v) is 2.91. The Bertz CT molecular complexity index is 744. The molecule has 0 aromatic heterocycles. The second-order valence-electron chi connectivity index (χ2n) is 4.75. The molecule has 0 atom stereocenters. The van der Waals surface area contributed by atoms with Gasteiger partial charge in [0, 0.05) is 8.95 Å². The van der Waals surface area contributed by atoms with Gasteiger partial charge in [0.05, 0.1) is 17.8 Å². The molecule has 1 heterocycles. The van der Waals surface area contributed by atoms with Gasteiger partial charge in [-0.2, -0.15) is 0 Å². The third kappa shape index (κ3) is 2.94. The lowest BCUT2D eigenvalue weighted by atomic mass is 10.1. The Morgan fingerprint density at radius 3 is 2.36 bits per heavy atom. The van der Waals surface area contributed by atoms with Crippen LogP contribution in [0.3, 0.4) is 0 Å². The SMILES string of the molecule is O=C1C(=O)N(CCOc2ccc(Br)cc2)c2ccc(Br)cc21. The number of hydrogen-bond acceptors (Lipinski definition) is 3. The molecule has 1 aliphatic heterocycles. The first-order valence-electron chi connectivity index (χ1n) is 6.60. The van der Waals surface area contributed by atoms with E-state index in [1.807, 2.05) is 30.3 Å². The Morgan fingerprint density at radius 2 is 1.64 bits per heavy atom. The van der Waals surface area contributed by atoms with Gasteiger partial charge in [-0.25, -0.2) is 0 Å². The lowest BCUT2D eigenvalue weighted by molar-refractivity contribution is -0.114. The van der Waals surface area contributed by atoms with Gasteiger partial charge in [-0.15, -0.1) is 0 Å². The molecule has 4 nitrogen and oxygen atoms in total. The minimum absolute atomic E-state index is 0.316. The van der Waals surface area contributed by atoms with E-state index in [-0.39, 0.29) is 0 Å². The van der Waals surface area contributed by atoms with Crippen molar-refractivity contribution in [3.8, 4) is 5.75 Å². The minimum atomic E-state index is -0.507. The highest BCUT2D eigenvalue weighted by molar-refractivity contribution is 9.10. The Morgan fingerprint density at radius 1 is 0.955 bits per heavy atom. The molecule has 0 aliphatic carbocycles. The first-order chi connectivity index (χ1) is 10.6. The molecule has 0 N–H and O–H groups in total. The number of anilines is 1. The molecule has 1 amide bonds. The zero-order chi connectivity index (χ0) is 15.7. The van der Waals surface area contributed by atoms with E-state index in [1.54, 1.807) is 12.1 Å². The largest absolute Gasteiger partial charge is 0.492 e. The number of rotatable bonds is 4. The van der Waals surface area contributed by atoms with Crippen LogP contribution in [0.15, 0.2) is 51.4 Å². The first-order valence-corrected chi connectivity index (χ1v) is 8.19. The van der Waals surface area contributed by atoms with Crippen molar-refractivity contribution in [2.45, 2.75) is 0 Å². The molecule has 0 spiro atoms. The van der Waals surface area contributed by atoms with Crippen LogP contribution in [-0.2, 0) is 4.79 Å². The topological polar surface area (TPSA) is 46.6 Å². The number of carbonyl (C=O) groups is 2. The highest BCUT2D eigenvalue weighted by Crippen LogP contribution is 2.31. The molecule has 0 fully saturated rings. The van der Waals surface area contributed by atoms with Crippen LogP contribution in [0, 0.1) is 0 Å². The molecule has 2 aromatic carbocycles. The summed E-state index contributed by atoms with van der Waals surface area (Å²) < 4.78 is 7.36. The number of ether oxygens (including phenoxy) is 1. The van der Waals surface area contributed by atoms with Crippen LogP contribution in [0.25, 0.3) is 0 Å². The summed E-state index contributed by atoms with van der Waals surface area (Å²) in [4.78, 5) is 25.5. The van der Waals surface area contributed by atoms with Crippen LogP contribution in [0.5, 0.6) is 5.75 Å². The van der Waals surface area contributed by atoms with Crippen LogP contribution in [0.1, 0.15) is 10.4 Å². The van der Waals surface area contributed by atoms with Crippen molar-refractivity contribution < 1.29 is 14.3 Å². The Balaban J connectivity index is 1.69. The van der Waals surface area contributed by atoms with Crippen LogP contribution < -0.4 is 9.64 Å². The van der Waals surface area contributed by atoms with Gasteiger partial charge >= 0.3 is 0 Å². The molecule has 0 saturated heterocycles. The van der Waals surface area contributed by atoms with Crippen molar-refractivity contribution in [3.63, 3.8) is 0 Å². The number of ketones is 1. The molecular weight excluding hydrogens is 414 g/mol. The summed E-state index contributed by atoms with van der Waals surface area (Å²) in [5.74, 6) is -0.260. The van der Waals surface area contributed by atoms with Gasteiger partial charge in [-0.05, 0) is 42.5 Å². The molecule has 3 rings (SSSR count). The van der Waals surface area contributed by atoms with Gasteiger partial charge in [-0.1, -0.05) is 31.9 Å². The summed E-state index contributed by atoms with van der Waals surface area (Å²) in [6.45, 7) is 0.644. The molecule has 22 heavy (non-hydrogen) atoms. The van der Waals surface area contributed by atoms with Gasteiger partial charge in [0.1, 0.15) is 12.4 Å². The predicted molar refractivity (Wildman–Crippen MR) is 90.5 cm³/mol. The summed E-state index contributed by atoms with van der Waals surface area (Å²) >= 11 is 6.67. The lowest BCUT2D eigenvalue weighted by Gasteiger charge is -2.16. The predicted octanol–water partition coefficient (Wildman–Crippen LogP) is 3.82. The molecule has 6 heteroatoms. The van der Waals surface area contributed by atoms with E-state index >= 15 is 0 Å². The molecule has 1 aliphatic rings. The van der Waals surface area contributed by atoms with Gasteiger partial charge in [0.25, 0.3) is 11.7 Å². The van der Waals surface area contributed by atoms with Crippen molar-refractivity contribution in [2.75, 3.05) is 18.1 Å². The van der Waals surface area contributed by atoms with Crippen LogP contribution in [0.2, 0.25) is 0 Å². The van der Waals surface area contributed by atoms with Crippen molar-refractivity contribution in [2.24, 2.45) is 0 Å². The van der Waals surface area contributed by atoms with E-state index in [0.717, 1.165) is 14.7 Å². The van der Waals surface area contributed by atoms with Crippen LogP contribution >= 0.6 is 31.9 Å². The van der Waals surface area contributed by atoms with E-state index in [2.05, 4.69) is 31.9 Å². The van der Waals surface area contributed by atoms with Gasteiger partial charge in [0.2, 0.25) is 0 Å². The highest BCUT2D eigenvalue weighted by Gasteiger charge is 2.35. The normalized spacial score (nSPS) is 13.5. The number of halogens is 2. The fourth-order valence-electron chi connectivity index (χ4n) is 2.28. The lowest BCUT2D eigenvalue weighted by Crippen LogP contribution is -2.33. The zero-order valence-electron chi connectivity index (χ0n) is 11.4.